The van der Waals surface area contributed by atoms with E-state index in [1.54, 1.807) is 30.3 Å². The minimum absolute atomic E-state index is 0.0340. The van der Waals surface area contributed by atoms with Gasteiger partial charge in [-0.2, -0.15) is 0 Å². The molecule has 5 rings (SSSR count). The third-order valence-corrected chi connectivity index (χ3v) is 6.06. The fourth-order valence-electron chi connectivity index (χ4n) is 4.43. The van der Waals surface area contributed by atoms with E-state index in [1.165, 1.54) is 4.90 Å². The number of carbonyl (C=O) groups is 2. The van der Waals surface area contributed by atoms with E-state index in [2.05, 4.69) is 0 Å². The maximum absolute atomic E-state index is 13.3. The van der Waals surface area contributed by atoms with Crippen molar-refractivity contribution in [2.24, 2.45) is 0 Å². The average Bonchev–Trinajstić information content (AvgIpc) is 3.14. The highest BCUT2D eigenvalue weighted by Gasteiger charge is 2.46. The summed E-state index contributed by atoms with van der Waals surface area (Å²) in [6.07, 6.45) is 0. The van der Waals surface area contributed by atoms with Gasteiger partial charge < -0.3 is 24.2 Å². The molecule has 2 aliphatic rings. The molecule has 3 aromatic carbocycles. The first kappa shape index (κ1) is 22.5. The second-order valence-corrected chi connectivity index (χ2v) is 8.27. The molecule has 7 heteroatoms. The van der Waals surface area contributed by atoms with Gasteiger partial charge in [0.1, 0.15) is 24.7 Å². The Bertz CT molecular complexity index is 1280. The number of carbonyl (C=O) groups excluding carboxylic acids is 2. The molecule has 1 saturated heterocycles. The number of benzene rings is 3. The first-order valence-corrected chi connectivity index (χ1v) is 11.5. The van der Waals surface area contributed by atoms with Gasteiger partial charge >= 0.3 is 0 Å². The summed E-state index contributed by atoms with van der Waals surface area (Å²) in [5, 5.41) is 11.3. The van der Waals surface area contributed by atoms with Crippen LogP contribution in [-0.4, -0.2) is 41.5 Å². The minimum Gasteiger partial charge on any atom is -0.507 e. The normalized spacial score (nSPS) is 18.5. The van der Waals surface area contributed by atoms with Crippen LogP contribution in [0, 0.1) is 0 Å². The standard InChI is InChI=1S/C28H25NO6/c1-2-33-21-11-8-19(9-12-21)25-24(26(30)20-10-13-22-23(16-20)35-15-14-34-22)27(31)28(32)29(25)17-18-6-4-3-5-7-18/h3-13,16,25,30H,2,14-15,17H2,1H3/b26-24-. The first-order chi connectivity index (χ1) is 17.1. The highest BCUT2D eigenvalue weighted by molar-refractivity contribution is 6.46. The van der Waals surface area contributed by atoms with Crippen molar-refractivity contribution in [3.63, 3.8) is 0 Å². The number of aliphatic hydroxyl groups is 1. The molecule has 0 spiro atoms. The largest absolute Gasteiger partial charge is 0.507 e. The first-order valence-electron chi connectivity index (χ1n) is 11.5. The van der Waals surface area contributed by atoms with Gasteiger partial charge in [-0.25, -0.2) is 0 Å². The van der Waals surface area contributed by atoms with Gasteiger partial charge in [0.05, 0.1) is 18.2 Å². The molecule has 0 bridgehead atoms. The number of Topliss-reactive ketones (excluding diaryl/α,β-unsaturated/α-hetero) is 1. The molecular weight excluding hydrogens is 446 g/mol. The predicted molar refractivity (Wildman–Crippen MR) is 129 cm³/mol. The van der Waals surface area contributed by atoms with Crippen LogP contribution < -0.4 is 14.2 Å². The second kappa shape index (κ2) is 9.54. The number of hydrogen-bond acceptors (Lipinski definition) is 6. The van der Waals surface area contributed by atoms with Crippen LogP contribution in [0.1, 0.15) is 29.7 Å². The molecule has 0 aliphatic carbocycles. The molecule has 1 fully saturated rings. The summed E-state index contributed by atoms with van der Waals surface area (Å²) in [6.45, 7) is 3.48. The molecule has 7 nitrogen and oxygen atoms in total. The zero-order valence-corrected chi connectivity index (χ0v) is 19.3. The average molecular weight is 472 g/mol. The molecule has 2 aliphatic heterocycles. The fraction of sp³-hybridized carbons (Fsp3) is 0.214. The Morgan fingerprint density at radius 3 is 2.40 bits per heavy atom. The van der Waals surface area contributed by atoms with Crippen molar-refractivity contribution < 1.29 is 28.9 Å². The van der Waals surface area contributed by atoms with E-state index in [0.29, 0.717) is 48.2 Å². The van der Waals surface area contributed by atoms with Gasteiger partial charge in [-0.05, 0) is 48.4 Å². The molecule has 1 N–H and O–H groups in total. The van der Waals surface area contributed by atoms with Crippen LogP contribution >= 0.6 is 0 Å². The van der Waals surface area contributed by atoms with Crippen molar-refractivity contribution in [2.75, 3.05) is 19.8 Å². The Labute approximate surface area is 203 Å². The third-order valence-electron chi connectivity index (χ3n) is 6.06. The van der Waals surface area contributed by atoms with Gasteiger partial charge in [-0.1, -0.05) is 42.5 Å². The molecule has 0 aromatic heterocycles. The number of rotatable bonds is 6. The van der Waals surface area contributed by atoms with E-state index in [9.17, 15) is 14.7 Å². The molecule has 1 unspecified atom stereocenters. The molecular formula is C28H25NO6. The van der Waals surface area contributed by atoms with Gasteiger partial charge in [-0.15, -0.1) is 0 Å². The molecule has 1 amide bonds. The number of hydrogen-bond donors (Lipinski definition) is 1. The molecule has 0 radical (unpaired) electrons. The van der Waals surface area contributed by atoms with Crippen molar-refractivity contribution in [1.82, 2.24) is 4.90 Å². The Balaban J connectivity index is 1.61. The van der Waals surface area contributed by atoms with Gasteiger partial charge in [0.25, 0.3) is 11.7 Å². The Kier molecular flexibility index (Phi) is 6.14. The van der Waals surface area contributed by atoms with Crippen LogP contribution in [0.3, 0.4) is 0 Å². The zero-order chi connectivity index (χ0) is 24.4. The fourth-order valence-corrected chi connectivity index (χ4v) is 4.43. The lowest BCUT2D eigenvalue weighted by Crippen LogP contribution is -2.29. The lowest BCUT2D eigenvalue weighted by atomic mass is 9.95. The van der Waals surface area contributed by atoms with Crippen molar-refractivity contribution >= 4 is 17.4 Å². The van der Waals surface area contributed by atoms with Crippen molar-refractivity contribution in [3.8, 4) is 17.2 Å². The number of amides is 1. The quantitative estimate of drug-likeness (QED) is 0.324. The van der Waals surface area contributed by atoms with Crippen LogP contribution in [0.15, 0.2) is 78.4 Å². The maximum atomic E-state index is 13.3. The summed E-state index contributed by atoms with van der Waals surface area (Å²) in [5.41, 5.74) is 1.99. The van der Waals surface area contributed by atoms with Gasteiger partial charge in [0.15, 0.2) is 11.5 Å². The second-order valence-electron chi connectivity index (χ2n) is 8.27. The van der Waals surface area contributed by atoms with E-state index >= 15 is 0 Å². The smallest absolute Gasteiger partial charge is 0.295 e. The molecule has 2 heterocycles. The lowest BCUT2D eigenvalue weighted by Gasteiger charge is -2.26. The number of ether oxygens (including phenoxy) is 3. The number of likely N-dealkylation sites (tertiary alicyclic amines) is 1. The van der Waals surface area contributed by atoms with Crippen LogP contribution in [0.5, 0.6) is 17.2 Å². The van der Waals surface area contributed by atoms with E-state index in [4.69, 9.17) is 14.2 Å². The highest BCUT2D eigenvalue weighted by atomic mass is 16.6. The Morgan fingerprint density at radius 2 is 1.69 bits per heavy atom. The monoisotopic (exact) mass is 471 g/mol. The van der Waals surface area contributed by atoms with Crippen LogP contribution in [0.4, 0.5) is 0 Å². The van der Waals surface area contributed by atoms with Crippen LogP contribution in [0.2, 0.25) is 0 Å². The third kappa shape index (κ3) is 4.33. The summed E-state index contributed by atoms with van der Waals surface area (Å²) in [4.78, 5) is 28.0. The number of ketones is 1. The van der Waals surface area contributed by atoms with E-state index < -0.39 is 17.7 Å². The summed E-state index contributed by atoms with van der Waals surface area (Å²) >= 11 is 0. The highest BCUT2D eigenvalue weighted by Crippen LogP contribution is 2.42. The van der Waals surface area contributed by atoms with E-state index in [-0.39, 0.29) is 17.9 Å². The molecule has 35 heavy (non-hydrogen) atoms. The zero-order valence-electron chi connectivity index (χ0n) is 19.3. The van der Waals surface area contributed by atoms with Crippen molar-refractivity contribution in [2.45, 2.75) is 19.5 Å². The summed E-state index contributed by atoms with van der Waals surface area (Å²) in [7, 11) is 0. The molecule has 0 saturated carbocycles. The summed E-state index contributed by atoms with van der Waals surface area (Å²) in [6, 6.07) is 20.9. The molecule has 178 valence electrons. The number of nitrogens with zero attached hydrogens (tertiary/aromatic N) is 1. The van der Waals surface area contributed by atoms with Crippen molar-refractivity contribution in [3.05, 3.63) is 95.1 Å². The van der Waals surface area contributed by atoms with Gasteiger partial charge in [-0.3, -0.25) is 9.59 Å². The topological polar surface area (TPSA) is 85.3 Å². The van der Waals surface area contributed by atoms with E-state index in [0.717, 1.165) is 5.56 Å². The van der Waals surface area contributed by atoms with Gasteiger partial charge in [0, 0.05) is 12.1 Å². The maximum Gasteiger partial charge on any atom is 0.295 e. The lowest BCUT2D eigenvalue weighted by molar-refractivity contribution is -0.140. The van der Waals surface area contributed by atoms with Gasteiger partial charge in [0.2, 0.25) is 0 Å². The van der Waals surface area contributed by atoms with Crippen LogP contribution in [0.25, 0.3) is 5.76 Å². The summed E-state index contributed by atoms with van der Waals surface area (Å²) < 4.78 is 16.8. The Hall–Kier alpha value is -4.26. The number of aliphatic hydroxyl groups excluding tert-OH is 1. The Morgan fingerprint density at radius 1 is 0.971 bits per heavy atom. The molecule has 3 aromatic rings. The van der Waals surface area contributed by atoms with E-state index in [1.807, 2.05) is 49.4 Å². The minimum atomic E-state index is -0.765. The number of fused-ring (bicyclic) bond motifs is 1. The SMILES string of the molecule is CCOc1ccc(C2/C(=C(/O)c3ccc4c(c3)OCCO4)C(=O)C(=O)N2Cc2ccccc2)cc1. The van der Waals surface area contributed by atoms with Crippen molar-refractivity contribution in [1.29, 1.82) is 0 Å². The molecule has 1 atom stereocenters. The summed E-state index contributed by atoms with van der Waals surface area (Å²) in [5.74, 6) is 0.0914. The van der Waals surface area contributed by atoms with Crippen LogP contribution in [-0.2, 0) is 16.1 Å². The predicted octanol–water partition coefficient (Wildman–Crippen LogP) is 4.48.